The fourth-order valence-corrected chi connectivity index (χ4v) is 4.06. The predicted octanol–water partition coefficient (Wildman–Crippen LogP) is 9.11. The molecule has 0 amide bonds. The molecule has 0 saturated heterocycles. The minimum absolute atomic E-state index is 0. The smallest absolute Gasteiger partial charge is 0.171 e. The van der Waals surface area contributed by atoms with Crippen LogP contribution >= 0.6 is 24.8 Å². The van der Waals surface area contributed by atoms with E-state index in [-0.39, 0.29) is 24.8 Å². The molecule has 0 unspecified atom stereocenters. The van der Waals surface area contributed by atoms with E-state index in [4.69, 9.17) is 0 Å². The van der Waals surface area contributed by atoms with Crippen LogP contribution in [0.4, 0.5) is 0 Å². The average Bonchev–Trinajstić information content (AvgIpc) is 3.56. The van der Waals surface area contributed by atoms with E-state index in [1.807, 2.05) is 60.7 Å². The van der Waals surface area contributed by atoms with Crippen molar-refractivity contribution in [3.63, 3.8) is 0 Å². The largest absolute Gasteiger partial charge is 0.184 e. The maximum Gasteiger partial charge on any atom is -0.171 e. The van der Waals surface area contributed by atoms with E-state index in [0.29, 0.717) is 0 Å². The van der Waals surface area contributed by atoms with Gasteiger partial charge < -0.3 is 0 Å². The second-order valence-corrected chi connectivity index (χ2v) is 7.93. The first-order valence-corrected chi connectivity index (χ1v) is 15.5. The van der Waals surface area contributed by atoms with Crippen LogP contribution in [-0.4, -0.2) is 6.88 Å². The maximum atomic E-state index is 3.06. The molecular formula is C32H29Cl2SiZr-3. The minimum Gasteiger partial charge on any atom is -0.184 e. The van der Waals surface area contributed by atoms with E-state index >= 15 is 0 Å². The van der Waals surface area contributed by atoms with Gasteiger partial charge >= 0.3 is 30.2 Å². The molecule has 0 aliphatic heterocycles. The van der Waals surface area contributed by atoms with E-state index in [0.717, 1.165) is 6.42 Å². The number of hydrogen-bond donors (Lipinski definition) is 0. The summed E-state index contributed by atoms with van der Waals surface area (Å²) in [5, 5.41) is 5.52. The Hall–Kier alpha value is -2.09. The third-order valence-electron chi connectivity index (χ3n) is 5.56. The zero-order chi connectivity index (χ0) is 24.2. The zero-order valence-corrected chi connectivity index (χ0v) is 25.6. The molecule has 0 saturated carbocycles. The van der Waals surface area contributed by atoms with Gasteiger partial charge in [-0.2, -0.15) is 72.8 Å². The van der Waals surface area contributed by atoms with Crippen LogP contribution in [0.25, 0.3) is 27.1 Å². The topological polar surface area (TPSA) is 0 Å². The van der Waals surface area contributed by atoms with Gasteiger partial charge in [0.25, 0.3) is 0 Å². The van der Waals surface area contributed by atoms with Crippen molar-refractivity contribution in [2.24, 2.45) is 0 Å². The van der Waals surface area contributed by atoms with Crippen molar-refractivity contribution in [3.8, 4) is 0 Å². The van der Waals surface area contributed by atoms with Crippen LogP contribution in [0.2, 0.25) is 0 Å². The second kappa shape index (κ2) is 17.4. The summed E-state index contributed by atoms with van der Waals surface area (Å²) < 4.78 is 0. The van der Waals surface area contributed by atoms with Crippen molar-refractivity contribution in [3.05, 3.63) is 144 Å². The van der Waals surface area contributed by atoms with Crippen molar-refractivity contribution in [1.82, 2.24) is 0 Å². The quantitative estimate of drug-likeness (QED) is 0.132. The van der Waals surface area contributed by atoms with E-state index in [9.17, 15) is 0 Å². The van der Waals surface area contributed by atoms with Gasteiger partial charge in [-0.15, -0.1) is 58.5 Å². The van der Waals surface area contributed by atoms with E-state index in [1.165, 1.54) is 67.1 Å². The zero-order valence-electron chi connectivity index (χ0n) is 20.5. The summed E-state index contributed by atoms with van der Waals surface area (Å²) in [7, 11) is 0. The molecule has 1 aliphatic carbocycles. The Morgan fingerprint density at radius 1 is 0.778 bits per heavy atom. The van der Waals surface area contributed by atoms with Crippen LogP contribution in [0, 0.1) is 26.0 Å². The van der Waals surface area contributed by atoms with E-state index in [2.05, 4.69) is 87.5 Å². The van der Waals surface area contributed by atoms with Crippen LogP contribution in [0.5, 0.6) is 0 Å². The summed E-state index contributed by atoms with van der Waals surface area (Å²) in [4.78, 5) is 0. The fraction of sp³-hybridized carbons (Fsp3) is 0.0938. The summed E-state index contributed by atoms with van der Waals surface area (Å²) in [5.41, 5.74) is 5.58. The molecular weight excluding hydrogens is 575 g/mol. The molecule has 0 heterocycles. The van der Waals surface area contributed by atoms with Crippen molar-refractivity contribution in [2.45, 2.75) is 20.3 Å². The Bertz CT molecular complexity index is 1290. The molecule has 1 aliphatic rings. The van der Waals surface area contributed by atoms with Crippen LogP contribution in [-0.2, 0) is 23.3 Å². The van der Waals surface area contributed by atoms with Gasteiger partial charge in [-0.1, -0.05) is 64.8 Å². The monoisotopic (exact) mass is 601 g/mol. The number of benzene rings is 4. The molecule has 0 aromatic heterocycles. The van der Waals surface area contributed by atoms with Gasteiger partial charge in [0.1, 0.15) is 0 Å². The van der Waals surface area contributed by atoms with Crippen LogP contribution in [0.1, 0.15) is 23.1 Å². The van der Waals surface area contributed by atoms with Crippen molar-refractivity contribution < 1.29 is 23.3 Å². The first kappa shape index (κ1) is 31.9. The Morgan fingerprint density at radius 3 is 1.83 bits per heavy atom. The fourth-order valence-electron chi connectivity index (χ4n) is 4.06. The molecule has 182 valence electrons. The Morgan fingerprint density at radius 2 is 1.36 bits per heavy atom. The van der Waals surface area contributed by atoms with Crippen LogP contribution in [0.3, 0.4) is 0 Å². The Kier molecular flexibility index (Phi) is 15.4. The van der Waals surface area contributed by atoms with Crippen molar-refractivity contribution in [2.75, 3.05) is 0 Å². The van der Waals surface area contributed by atoms with Gasteiger partial charge in [0.05, 0.1) is 0 Å². The summed E-state index contributed by atoms with van der Waals surface area (Å²) in [6.45, 7) is 7.44. The van der Waals surface area contributed by atoms with Crippen LogP contribution < -0.4 is 0 Å². The summed E-state index contributed by atoms with van der Waals surface area (Å²) in [6, 6.07) is 38.6. The van der Waals surface area contributed by atoms with Gasteiger partial charge in [-0.3, -0.25) is 0 Å². The van der Waals surface area contributed by atoms with Crippen molar-refractivity contribution in [1.29, 1.82) is 0 Å². The second-order valence-electron chi connectivity index (χ2n) is 7.93. The molecule has 5 aromatic carbocycles. The minimum atomic E-state index is 0. The number of fused-ring (bicyclic) bond motifs is 3. The molecule has 5 aromatic rings. The van der Waals surface area contributed by atoms with Crippen LogP contribution in [0.15, 0.2) is 115 Å². The molecule has 2 radical (unpaired) electrons. The summed E-state index contributed by atoms with van der Waals surface area (Å²) in [6.07, 6.45) is 7.71. The van der Waals surface area contributed by atoms with Gasteiger partial charge in [0, 0.05) is 0 Å². The molecule has 0 spiro atoms. The molecule has 0 nitrogen and oxygen atoms in total. The molecule has 0 fully saturated rings. The molecule has 0 bridgehead atoms. The van der Waals surface area contributed by atoms with Crippen molar-refractivity contribution >= 4 is 58.8 Å². The summed E-state index contributed by atoms with van der Waals surface area (Å²) >= 11 is 1.36. The predicted molar refractivity (Wildman–Crippen MR) is 159 cm³/mol. The summed E-state index contributed by atoms with van der Waals surface area (Å²) in [5.74, 6) is 0. The molecule has 0 N–H and O–H groups in total. The van der Waals surface area contributed by atoms with E-state index < -0.39 is 0 Å². The van der Waals surface area contributed by atoms with Gasteiger partial charge in [0.2, 0.25) is 0 Å². The Balaban J connectivity index is 0.000000336. The molecule has 0 atom stereocenters. The molecule has 6 rings (SSSR count). The first-order chi connectivity index (χ1) is 16.7. The number of rotatable bonds is 1. The normalized spacial score (nSPS) is 10.8. The number of aryl methyl sites for hydroxylation is 2. The number of hydrogen-bond acceptors (Lipinski definition) is 0. The Labute approximate surface area is 244 Å². The third kappa shape index (κ3) is 8.79. The van der Waals surface area contributed by atoms with Gasteiger partial charge in [-0.25, -0.2) is 0 Å². The SMILES string of the molecule is Cc1ccc2c(c1)[cH-]c1c(C3=CC=CC3)c(C)ccc12.Cl.Cl.[Si]=[Zr].[c-]1ccccc1.[c-]1ccccc1. The van der Waals surface area contributed by atoms with Gasteiger partial charge in [-0.05, 0) is 20.3 Å². The number of halogens is 2. The standard InChI is InChI=1S/C20H17.2C6H5.2ClH.Si.Zr/c1-13-7-9-17-16(11-13)12-19-18(17)10-8-14(2)20(19)15-5-3-4-6-15;2*1-2-4-6-5-3-1;;;;/h3-5,7-12H,6H2,1-2H3;2*1-5H;2*1H;;/q3*-1;;;;. The maximum absolute atomic E-state index is 3.06. The first-order valence-electron chi connectivity index (χ1n) is 11.3. The molecule has 36 heavy (non-hydrogen) atoms. The average molecular weight is 604 g/mol. The van der Waals surface area contributed by atoms with E-state index in [1.54, 1.807) is 0 Å². The number of allylic oxidation sites excluding steroid dienone is 4. The van der Waals surface area contributed by atoms with Gasteiger partial charge in [0.15, 0.2) is 0 Å². The third-order valence-corrected chi connectivity index (χ3v) is 5.56. The molecule has 4 heteroatoms.